The van der Waals surface area contributed by atoms with E-state index in [4.69, 9.17) is 28.4 Å². The van der Waals surface area contributed by atoms with Crippen molar-refractivity contribution in [3.8, 4) is 0 Å². The van der Waals surface area contributed by atoms with Gasteiger partial charge in [0.15, 0.2) is 18.9 Å². The van der Waals surface area contributed by atoms with Gasteiger partial charge in [-0.25, -0.2) is 0 Å². The molecule has 296 valence electrons. The zero-order valence-electron chi connectivity index (χ0n) is 27.4. The molecule has 3 fully saturated rings. The van der Waals surface area contributed by atoms with Crippen molar-refractivity contribution < 1.29 is 104 Å². The van der Waals surface area contributed by atoms with Gasteiger partial charge in [0.1, 0.15) is 104 Å². The van der Waals surface area contributed by atoms with Crippen molar-refractivity contribution >= 4 is 18.1 Å². The summed E-state index contributed by atoms with van der Waals surface area (Å²) in [5, 5.41) is 128. The Morgan fingerprint density at radius 3 is 1.71 bits per heavy atom. The smallest absolute Gasteiger partial charge is 0.217 e. The highest BCUT2D eigenvalue weighted by atomic mass is 16.7. The first-order valence-corrected chi connectivity index (χ1v) is 15.8. The van der Waals surface area contributed by atoms with Gasteiger partial charge >= 0.3 is 0 Å². The summed E-state index contributed by atoms with van der Waals surface area (Å²) in [5.74, 6) is -1.55. The molecule has 3 saturated heterocycles. The van der Waals surface area contributed by atoms with Crippen LogP contribution >= 0.6 is 0 Å². The lowest BCUT2D eigenvalue weighted by molar-refractivity contribution is -0.349. The average molecular weight is 749 g/mol. The van der Waals surface area contributed by atoms with Gasteiger partial charge in [-0.2, -0.15) is 0 Å². The Hall–Kier alpha value is -2.11. The van der Waals surface area contributed by atoms with Crippen molar-refractivity contribution in [1.82, 2.24) is 10.6 Å². The van der Waals surface area contributed by atoms with Gasteiger partial charge in [0.2, 0.25) is 11.8 Å². The minimum Gasteiger partial charge on any atom is -0.394 e. The number of aliphatic hydroxyl groups excluding tert-OH is 12. The third kappa shape index (κ3) is 10.3. The van der Waals surface area contributed by atoms with Gasteiger partial charge in [-0.3, -0.25) is 9.59 Å². The van der Waals surface area contributed by atoms with Crippen molar-refractivity contribution in [2.24, 2.45) is 0 Å². The van der Waals surface area contributed by atoms with Gasteiger partial charge in [-0.1, -0.05) is 0 Å². The van der Waals surface area contributed by atoms with Crippen LogP contribution in [-0.4, -0.2) is 222 Å². The van der Waals surface area contributed by atoms with Crippen LogP contribution in [0.2, 0.25) is 0 Å². The quantitative estimate of drug-likeness (QED) is 0.0651. The number of hydrogen-bond donors (Lipinski definition) is 14. The first kappa shape index (κ1) is 43.3. The van der Waals surface area contributed by atoms with Crippen molar-refractivity contribution in [3.05, 3.63) is 0 Å². The summed E-state index contributed by atoms with van der Waals surface area (Å²) in [7, 11) is 0. The predicted molar refractivity (Wildman–Crippen MR) is 158 cm³/mol. The fourth-order valence-electron chi connectivity index (χ4n) is 5.75. The molecule has 19 atom stereocenters. The van der Waals surface area contributed by atoms with Crippen LogP contribution in [0.1, 0.15) is 13.8 Å². The topological polar surface area (TPSA) is 373 Å². The largest absolute Gasteiger partial charge is 0.394 e. The van der Waals surface area contributed by atoms with E-state index in [0.29, 0.717) is 0 Å². The van der Waals surface area contributed by atoms with E-state index in [1.165, 1.54) is 0 Å². The van der Waals surface area contributed by atoms with E-state index in [9.17, 15) is 75.7 Å². The van der Waals surface area contributed by atoms with Crippen molar-refractivity contribution in [2.45, 2.75) is 130 Å². The normalized spacial score (nSPS) is 41.2. The van der Waals surface area contributed by atoms with Gasteiger partial charge in [-0.05, 0) is 0 Å². The predicted octanol–water partition coefficient (Wildman–Crippen LogP) is -9.62. The molecule has 2 amide bonds. The maximum atomic E-state index is 12.1. The van der Waals surface area contributed by atoms with E-state index in [2.05, 4.69) is 10.6 Å². The number of aliphatic hydroxyl groups is 12. The Balaban J connectivity index is 1.79. The maximum Gasteiger partial charge on any atom is 0.217 e. The van der Waals surface area contributed by atoms with E-state index in [1.807, 2.05) is 0 Å². The minimum atomic E-state index is -2.19. The molecule has 0 unspecified atom stereocenters. The molecule has 3 rings (SSSR count). The maximum absolute atomic E-state index is 12.1. The van der Waals surface area contributed by atoms with E-state index in [1.54, 1.807) is 0 Å². The number of aldehydes is 1. The molecule has 23 nitrogen and oxygen atoms in total. The van der Waals surface area contributed by atoms with E-state index in [0.717, 1.165) is 13.8 Å². The first-order chi connectivity index (χ1) is 24.0. The van der Waals surface area contributed by atoms with Crippen LogP contribution in [0.5, 0.6) is 0 Å². The van der Waals surface area contributed by atoms with E-state index < -0.39 is 155 Å². The Bertz CT molecular complexity index is 1120. The molecule has 3 aliphatic heterocycles. The van der Waals surface area contributed by atoms with E-state index >= 15 is 0 Å². The molecule has 23 heteroatoms. The van der Waals surface area contributed by atoms with Crippen molar-refractivity contribution in [2.75, 3.05) is 26.4 Å². The van der Waals surface area contributed by atoms with Crippen LogP contribution < -0.4 is 10.6 Å². The van der Waals surface area contributed by atoms with Crippen LogP contribution in [0.4, 0.5) is 0 Å². The van der Waals surface area contributed by atoms with Crippen molar-refractivity contribution in [3.63, 3.8) is 0 Å². The SMILES string of the molecule is CC(=O)N[C@H]1[C@H](OC[C@@H](O)[C@H](O)[C@H](O[C@@H]2O[C@H](CO)[C@H](O)[C@H](O)[C@H]2O)[C@H](C=O)NC(C)=O)O[C@H](CO)[C@@H](O[C@@H]2O[C@H](CO)[C@H](O)[C@H](O)[C@H]2O)[C@@H]1O. The molecule has 0 aliphatic carbocycles. The van der Waals surface area contributed by atoms with Gasteiger partial charge < -0.3 is 105 Å². The van der Waals surface area contributed by atoms with Crippen LogP contribution in [0.25, 0.3) is 0 Å². The summed E-state index contributed by atoms with van der Waals surface area (Å²) in [6.45, 7) is -1.44. The molecule has 0 spiro atoms. The van der Waals surface area contributed by atoms with Gasteiger partial charge in [-0.15, -0.1) is 0 Å². The third-order valence-corrected chi connectivity index (χ3v) is 8.53. The molecular formula is C28H48N2O21. The molecule has 0 saturated carbocycles. The molecular weight excluding hydrogens is 700 g/mol. The Morgan fingerprint density at radius 2 is 1.22 bits per heavy atom. The summed E-state index contributed by atoms with van der Waals surface area (Å²) >= 11 is 0. The number of carbonyl (C=O) groups is 3. The zero-order valence-corrected chi connectivity index (χ0v) is 27.4. The molecule has 0 aromatic heterocycles. The van der Waals surface area contributed by atoms with E-state index in [-0.39, 0.29) is 6.29 Å². The van der Waals surface area contributed by atoms with Gasteiger partial charge in [0.25, 0.3) is 0 Å². The second-order valence-corrected chi connectivity index (χ2v) is 12.3. The summed E-state index contributed by atoms with van der Waals surface area (Å²) in [6, 6.07) is -3.30. The van der Waals surface area contributed by atoms with Gasteiger partial charge in [0.05, 0.1) is 26.4 Å². The highest BCUT2D eigenvalue weighted by molar-refractivity contribution is 5.77. The molecule has 14 N–H and O–H groups in total. The van der Waals surface area contributed by atoms with Crippen LogP contribution in [0.15, 0.2) is 0 Å². The summed E-state index contributed by atoms with van der Waals surface area (Å²) < 4.78 is 32.9. The number of carbonyl (C=O) groups excluding carboxylic acids is 3. The standard InChI is InChI=1S/C28H48N2O21/c1-8(35)29-10(3-31)24(50-27-22(44)20(42)17(39)12(4-32)47-27)16(38)11(37)7-46-26-15(30-9(2)36)19(41)25(14(6-34)49-26)51-28-23(45)21(43)18(40)13(5-33)48-28/h3,10-28,32-34,37-45H,4-7H2,1-2H3,(H,29,35)(H,30,36)/t10-,11+,12+,13+,14+,15+,16-,17-,18-,19+,20-,21-,22+,23+,24+,25+,26+,27-,28-/m0/s1. The van der Waals surface area contributed by atoms with Crippen molar-refractivity contribution in [1.29, 1.82) is 0 Å². The number of amides is 2. The molecule has 0 aromatic carbocycles. The molecule has 0 radical (unpaired) electrons. The minimum absolute atomic E-state index is 0.113. The monoisotopic (exact) mass is 748 g/mol. The summed E-state index contributed by atoms with van der Waals surface area (Å²) in [4.78, 5) is 35.8. The van der Waals surface area contributed by atoms with Crippen LogP contribution in [-0.2, 0) is 42.8 Å². The number of nitrogens with one attached hydrogen (secondary N) is 2. The second kappa shape index (κ2) is 19.3. The lowest BCUT2D eigenvalue weighted by Gasteiger charge is -2.47. The zero-order chi connectivity index (χ0) is 38.3. The summed E-state index contributed by atoms with van der Waals surface area (Å²) in [6.07, 6.45) is -30.7. The average Bonchev–Trinajstić information content (AvgIpc) is 3.09. The molecule has 0 aromatic rings. The first-order valence-electron chi connectivity index (χ1n) is 15.8. The molecule has 51 heavy (non-hydrogen) atoms. The molecule has 3 heterocycles. The Morgan fingerprint density at radius 1 is 0.706 bits per heavy atom. The highest BCUT2D eigenvalue weighted by Crippen LogP contribution is 2.30. The second-order valence-electron chi connectivity index (χ2n) is 12.3. The fraction of sp³-hybridized carbons (Fsp3) is 0.893. The summed E-state index contributed by atoms with van der Waals surface area (Å²) in [5.41, 5.74) is 0. The number of ether oxygens (including phenoxy) is 6. The Labute approximate surface area is 289 Å². The molecule has 3 aliphatic rings. The third-order valence-electron chi connectivity index (χ3n) is 8.53. The Kier molecular flexibility index (Phi) is 16.4. The highest BCUT2D eigenvalue weighted by Gasteiger charge is 2.52. The van der Waals surface area contributed by atoms with Crippen LogP contribution in [0.3, 0.4) is 0 Å². The number of hydrogen-bond acceptors (Lipinski definition) is 21. The lowest BCUT2D eigenvalue weighted by atomic mass is 9.95. The fourth-order valence-corrected chi connectivity index (χ4v) is 5.75. The number of rotatable bonds is 16. The molecule has 0 bridgehead atoms. The van der Waals surface area contributed by atoms with Crippen LogP contribution in [0, 0.1) is 0 Å². The lowest BCUT2D eigenvalue weighted by Crippen LogP contribution is -2.67. The van der Waals surface area contributed by atoms with Gasteiger partial charge in [0, 0.05) is 13.8 Å².